The summed E-state index contributed by atoms with van der Waals surface area (Å²) in [6, 6.07) is 5.85. The predicted octanol–water partition coefficient (Wildman–Crippen LogP) is 4.20. The first kappa shape index (κ1) is 16.6. The molecule has 4 heteroatoms. The molecule has 21 heavy (non-hydrogen) atoms. The topological polar surface area (TPSA) is 30.5 Å². The van der Waals surface area contributed by atoms with E-state index in [9.17, 15) is 0 Å². The number of rotatable bonds is 5. The van der Waals surface area contributed by atoms with Gasteiger partial charge in [0.25, 0.3) is 0 Å². The molecule has 1 saturated carbocycles. The molecule has 0 aromatic heterocycles. The van der Waals surface area contributed by atoms with E-state index in [0.717, 1.165) is 35.1 Å². The van der Waals surface area contributed by atoms with Crippen LogP contribution in [0.2, 0.25) is 5.02 Å². The van der Waals surface area contributed by atoms with Crippen LogP contribution >= 0.6 is 11.6 Å². The molecule has 0 saturated heterocycles. The van der Waals surface area contributed by atoms with Gasteiger partial charge in [-0.1, -0.05) is 18.5 Å². The number of hydrogen-bond donors (Lipinski definition) is 1. The summed E-state index contributed by atoms with van der Waals surface area (Å²) in [5.41, 5.74) is 0.878. The molecule has 1 unspecified atom stereocenters. The molecule has 2 rings (SSSR count). The molecular formula is C17H26ClNO2. The Kier molecular flexibility index (Phi) is 5.53. The SMILES string of the molecule is CNC(c1cc(Cl)ccc1OC)C1(OC)CCC(C)CC1. The second-order valence-corrected chi connectivity index (χ2v) is 6.50. The van der Waals surface area contributed by atoms with Gasteiger partial charge in [-0.25, -0.2) is 0 Å². The molecule has 1 N–H and O–H groups in total. The van der Waals surface area contributed by atoms with E-state index in [-0.39, 0.29) is 11.6 Å². The summed E-state index contributed by atoms with van der Waals surface area (Å²) in [6.07, 6.45) is 4.47. The van der Waals surface area contributed by atoms with Gasteiger partial charge in [0.15, 0.2) is 0 Å². The number of likely N-dealkylation sites (N-methyl/N-ethyl adjacent to an activating group) is 1. The zero-order valence-corrected chi connectivity index (χ0v) is 14.2. The maximum atomic E-state index is 6.20. The van der Waals surface area contributed by atoms with E-state index in [0.29, 0.717) is 0 Å². The van der Waals surface area contributed by atoms with Crippen molar-refractivity contribution < 1.29 is 9.47 Å². The van der Waals surface area contributed by atoms with E-state index in [1.54, 1.807) is 7.11 Å². The Morgan fingerprint density at radius 3 is 2.48 bits per heavy atom. The van der Waals surface area contributed by atoms with Crippen LogP contribution in [-0.4, -0.2) is 26.9 Å². The van der Waals surface area contributed by atoms with Crippen molar-refractivity contribution in [3.63, 3.8) is 0 Å². The number of methoxy groups -OCH3 is 2. The molecule has 1 atom stereocenters. The van der Waals surface area contributed by atoms with Gasteiger partial charge in [-0.2, -0.15) is 0 Å². The molecule has 0 heterocycles. The molecule has 1 aliphatic rings. The van der Waals surface area contributed by atoms with Crippen LogP contribution < -0.4 is 10.1 Å². The van der Waals surface area contributed by atoms with Crippen molar-refractivity contribution in [3.8, 4) is 5.75 Å². The van der Waals surface area contributed by atoms with E-state index in [2.05, 4.69) is 12.2 Å². The standard InChI is InChI=1S/C17H26ClNO2/c1-12-7-9-17(21-4,10-8-12)16(19-2)14-11-13(18)5-6-15(14)20-3/h5-6,11-12,16,19H,7-10H2,1-4H3. The van der Waals surface area contributed by atoms with Gasteiger partial charge in [0.05, 0.1) is 18.8 Å². The minimum absolute atomic E-state index is 0.0728. The number of halogens is 1. The largest absolute Gasteiger partial charge is 0.496 e. The lowest BCUT2D eigenvalue weighted by Gasteiger charge is -2.44. The highest BCUT2D eigenvalue weighted by Gasteiger charge is 2.42. The number of nitrogens with one attached hydrogen (secondary N) is 1. The fraction of sp³-hybridized carbons (Fsp3) is 0.647. The zero-order valence-electron chi connectivity index (χ0n) is 13.4. The van der Waals surface area contributed by atoms with E-state index >= 15 is 0 Å². The lowest BCUT2D eigenvalue weighted by Crippen LogP contribution is -2.47. The van der Waals surface area contributed by atoms with Gasteiger partial charge in [-0.15, -0.1) is 0 Å². The van der Waals surface area contributed by atoms with Gasteiger partial charge in [0.2, 0.25) is 0 Å². The maximum absolute atomic E-state index is 6.20. The van der Waals surface area contributed by atoms with E-state index < -0.39 is 0 Å². The van der Waals surface area contributed by atoms with Crippen LogP contribution in [0.3, 0.4) is 0 Å². The summed E-state index contributed by atoms with van der Waals surface area (Å²) >= 11 is 6.20. The fourth-order valence-electron chi connectivity index (χ4n) is 3.49. The van der Waals surface area contributed by atoms with Crippen LogP contribution in [0.25, 0.3) is 0 Å². The monoisotopic (exact) mass is 311 g/mol. The smallest absolute Gasteiger partial charge is 0.123 e. The van der Waals surface area contributed by atoms with Crippen molar-refractivity contribution in [1.82, 2.24) is 5.32 Å². The Labute approximate surface area is 133 Å². The Bertz CT molecular complexity index is 470. The zero-order chi connectivity index (χ0) is 15.5. The van der Waals surface area contributed by atoms with Crippen LogP contribution in [0.1, 0.15) is 44.2 Å². The Morgan fingerprint density at radius 1 is 1.29 bits per heavy atom. The molecule has 1 fully saturated rings. The average Bonchev–Trinajstić information content (AvgIpc) is 2.50. The molecule has 0 amide bonds. The normalized spacial score (nSPS) is 27.4. The molecule has 118 valence electrons. The Hall–Kier alpha value is -0.770. The van der Waals surface area contributed by atoms with E-state index in [1.165, 1.54) is 12.8 Å². The average molecular weight is 312 g/mol. The first-order valence-electron chi connectivity index (χ1n) is 7.62. The van der Waals surface area contributed by atoms with Crippen LogP contribution in [0, 0.1) is 5.92 Å². The Morgan fingerprint density at radius 2 is 1.95 bits per heavy atom. The molecule has 3 nitrogen and oxygen atoms in total. The highest BCUT2D eigenvalue weighted by atomic mass is 35.5. The van der Waals surface area contributed by atoms with Crippen molar-refractivity contribution >= 4 is 11.6 Å². The van der Waals surface area contributed by atoms with Gasteiger partial charge in [0.1, 0.15) is 5.75 Å². The molecule has 0 aliphatic heterocycles. The third kappa shape index (κ3) is 3.36. The van der Waals surface area contributed by atoms with Crippen LogP contribution in [-0.2, 0) is 4.74 Å². The maximum Gasteiger partial charge on any atom is 0.123 e. The van der Waals surface area contributed by atoms with E-state index in [4.69, 9.17) is 21.1 Å². The first-order chi connectivity index (χ1) is 10.1. The summed E-state index contributed by atoms with van der Waals surface area (Å²) in [6.45, 7) is 2.31. The molecule has 1 aliphatic carbocycles. The predicted molar refractivity (Wildman–Crippen MR) is 87.2 cm³/mol. The van der Waals surface area contributed by atoms with Crippen molar-refractivity contribution in [2.75, 3.05) is 21.3 Å². The minimum Gasteiger partial charge on any atom is -0.496 e. The molecule has 1 aromatic carbocycles. The molecule has 0 spiro atoms. The summed E-state index contributed by atoms with van der Waals surface area (Å²) < 4.78 is 11.5. The third-order valence-electron chi connectivity index (χ3n) is 4.84. The van der Waals surface area contributed by atoms with Crippen molar-refractivity contribution in [1.29, 1.82) is 0 Å². The van der Waals surface area contributed by atoms with Crippen molar-refractivity contribution in [2.24, 2.45) is 5.92 Å². The highest BCUT2D eigenvalue weighted by Crippen LogP contribution is 2.45. The third-order valence-corrected chi connectivity index (χ3v) is 5.08. The van der Waals surface area contributed by atoms with Gasteiger partial charge >= 0.3 is 0 Å². The van der Waals surface area contributed by atoms with Crippen molar-refractivity contribution in [3.05, 3.63) is 28.8 Å². The minimum atomic E-state index is -0.195. The number of ether oxygens (including phenoxy) is 2. The molecular weight excluding hydrogens is 286 g/mol. The number of hydrogen-bond acceptors (Lipinski definition) is 3. The Balaban J connectivity index is 2.40. The lowest BCUT2D eigenvalue weighted by atomic mass is 9.73. The summed E-state index contributed by atoms with van der Waals surface area (Å²) in [5, 5.41) is 4.16. The van der Waals surface area contributed by atoms with E-state index in [1.807, 2.05) is 32.4 Å². The number of benzene rings is 1. The molecule has 0 bridgehead atoms. The van der Waals surface area contributed by atoms with Gasteiger partial charge in [0, 0.05) is 17.7 Å². The highest BCUT2D eigenvalue weighted by molar-refractivity contribution is 6.30. The second kappa shape index (κ2) is 6.99. The lowest BCUT2D eigenvalue weighted by molar-refractivity contribution is -0.0748. The van der Waals surface area contributed by atoms with Gasteiger partial charge < -0.3 is 14.8 Å². The van der Waals surface area contributed by atoms with Gasteiger partial charge in [-0.3, -0.25) is 0 Å². The summed E-state index contributed by atoms with van der Waals surface area (Å²) in [4.78, 5) is 0. The van der Waals surface area contributed by atoms with Crippen molar-refractivity contribution in [2.45, 2.75) is 44.2 Å². The molecule has 0 radical (unpaired) electrons. The summed E-state index contributed by atoms with van der Waals surface area (Å²) in [5.74, 6) is 1.63. The fourth-order valence-corrected chi connectivity index (χ4v) is 3.67. The second-order valence-electron chi connectivity index (χ2n) is 6.06. The molecule has 1 aromatic rings. The van der Waals surface area contributed by atoms with Crippen LogP contribution in [0.4, 0.5) is 0 Å². The van der Waals surface area contributed by atoms with Gasteiger partial charge in [-0.05, 0) is 56.8 Å². The van der Waals surface area contributed by atoms with Crippen LogP contribution in [0.15, 0.2) is 18.2 Å². The first-order valence-corrected chi connectivity index (χ1v) is 8.00. The quantitative estimate of drug-likeness (QED) is 0.884. The summed E-state index contributed by atoms with van der Waals surface area (Å²) in [7, 11) is 5.49. The van der Waals surface area contributed by atoms with Crippen LogP contribution in [0.5, 0.6) is 5.75 Å².